The molecule has 3 rings (SSSR count). The molecule has 1 aromatic rings. The maximum atomic E-state index is 13.0. The smallest absolute Gasteiger partial charge is 0.372 e. The molecular formula is C18H19F6N3O3. The summed E-state index contributed by atoms with van der Waals surface area (Å²) < 4.78 is 83.8. The van der Waals surface area contributed by atoms with Crippen molar-refractivity contribution in [3.63, 3.8) is 0 Å². The van der Waals surface area contributed by atoms with Crippen LogP contribution in [0, 0.1) is 0 Å². The summed E-state index contributed by atoms with van der Waals surface area (Å²) in [4.78, 5) is 23.4. The molecule has 1 unspecified atom stereocenters. The van der Waals surface area contributed by atoms with E-state index in [0.29, 0.717) is 12.1 Å². The Balaban J connectivity index is 1.76. The number of halogens is 6. The molecule has 2 aliphatic heterocycles. The van der Waals surface area contributed by atoms with Crippen LogP contribution in [0.4, 0.5) is 31.1 Å². The number of carbonyl (C=O) groups is 2. The Labute approximate surface area is 167 Å². The van der Waals surface area contributed by atoms with Gasteiger partial charge in [0.2, 0.25) is 0 Å². The monoisotopic (exact) mass is 439 g/mol. The second-order valence-electron chi connectivity index (χ2n) is 7.87. The van der Waals surface area contributed by atoms with Gasteiger partial charge in [0.15, 0.2) is 0 Å². The number of amides is 3. The molecule has 0 saturated carbocycles. The van der Waals surface area contributed by atoms with Crippen molar-refractivity contribution in [2.75, 3.05) is 13.2 Å². The fourth-order valence-electron chi connectivity index (χ4n) is 3.65. The average molecular weight is 439 g/mol. The highest BCUT2D eigenvalue weighted by atomic mass is 19.4. The largest absolute Gasteiger partial charge is 0.416 e. The topological polar surface area (TPSA) is 79.5 Å². The van der Waals surface area contributed by atoms with Crippen molar-refractivity contribution in [2.45, 2.75) is 49.8 Å². The van der Waals surface area contributed by atoms with Crippen molar-refractivity contribution in [2.24, 2.45) is 0 Å². The molecule has 3 atom stereocenters. The van der Waals surface area contributed by atoms with E-state index in [0.717, 1.165) is 0 Å². The number of nitrogens with one attached hydrogen (secondary N) is 3. The van der Waals surface area contributed by atoms with E-state index in [1.165, 1.54) is 6.92 Å². The lowest BCUT2D eigenvalue weighted by Crippen LogP contribution is -2.48. The van der Waals surface area contributed by atoms with Crippen LogP contribution < -0.4 is 16.0 Å². The molecule has 2 saturated heterocycles. The van der Waals surface area contributed by atoms with Gasteiger partial charge >= 0.3 is 18.4 Å². The lowest BCUT2D eigenvalue weighted by Gasteiger charge is -2.28. The molecule has 0 radical (unpaired) electrons. The quantitative estimate of drug-likeness (QED) is 0.498. The van der Waals surface area contributed by atoms with Gasteiger partial charge < -0.3 is 15.4 Å². The molecule has 6 nitrogen and oxygen atoms in total. The normalized spacial score (nSPS) is 28.0. The van der Waals surface area contributed by atoms with Crippen molar-refractivity contribution < 1.29 is 40.7 Å². The molecule has 1 aromatic carbocycles. The molecule has 0 aliphatic carbocycles. The van der Waals surface area contributed by atoms with Crippen molar-refractivity contribution in [3.05, 3.63) is 34.9 Å². The minimum atomic E-state index is -4.95. The third kappa shape index (κ3) is 4.38. The molecule has 166 valence electrons. The number of imide groups is 1. The van der Waals surface area contributed by atoms with Crippen molar-refractivity contribution in [3.8, 4) is 0 Å². The van der Waals surface area contributed by atoms with Gasteiger partial charge in [-0.15, -0.1) is 0 Å². The first-order chi connectivity index (χ1) is 13.6. The number of rotatable bonds is 4. The first kappa shape index (κ1) is 22.3. The number of hydrogen-bond acceptors (Lipinski definition) is 4. The average Bonchev–Trinajstić information content (AvgIpc) is 3.09. The summed E-state index contributed by atoms with van der Waals surface area (Å²) in [5.74, 6) is -0.510. The molecule has 30 heavy (non-hydrogen) atoms. The Hall–Kier alpha value is -2.34. The first-order valence-electron chi connectivity index (χ1n) is 8.93. The summed E-state index contributed by atoms with van der Waals surface area (Å²) in [6.45, 7) is 3.02. The highest BCUT2D eigenvalue weighted by Crippen LogP contribution is 2.38. The minimum Gasteiger partial charge on any atom is -0.372 e. The second kappa shape index (κ2) is 7.12. The number of urea groups is 1. The van der Waals surface area contributed by atoms with Crippen LogP contribution in [0.1, 0.15) is 43.1 Å². The van der Waals surface area contributed by atoms with E-state index in [1.807, 2.05) is 0 Å². The van der Waals surface area contributed by atoms with Crippen LogP contribution >= 0.6 is 0 Å². The zero-order chi connectivity index (χ0) is 22.5. The summed E-state index contributed by atoms with van der Waals surface area (Å²) in [5.41, 5.74) is -5.12. The zero-order valence-corrected chi connectivity index (χ0v) is 15.9. The summed E-state index contributed by atoms with van der Waals surface area (Å²) in [6, 6.07) is 0.664. The molecular weight excluding hydrogens is 420 g/mol. The Kier molecular flexibility index (Phi) is 5.30. The fraction of sp³-hybridized carbons (Fsp3) is 0.556. The van der Waals surface area contributed by atoms with E-state index in [2.05, 4.69) is 16.0 Å². The van der Waals surface area contributed by atoms with Gasteiger partial charge in [0.1, 0.15) is 5.54 Å². The third-order valence-electron chi connectivity index (χ3n) is 5.25. The molecule has 0 aromatic heterocycles. The molecule has 2 aliphatic rings. The van der Waals surface area contributed by atoms with Crippen LogP contribution in [0.2, 0.25) is 0 Å². The van der Waals surface area contributed by atoms with Gasteiger partial charge in [0, 0.05) is 18.5 Å². The van der Waals surface area contributed by atoms with Crippen molar-refractivity contribution in [1.82, 2.24) is 16.0 Å². The third-order valence-corrected chi connectivity index (χ3v) is 5.25. The number of alkyl halides is 6. The predicted molar refractivity (Wildman–Crippen MR) is 91.2 cm³/mol. The van der Waals surface area contributed by atoms with Crippen molar-refractivity contribution in [1.29, 1.82) is 0 Å². The Morgan fingerprint density at radius 1 is 1.07 bits per heavy atom. The van der Waals surface area contributed by atoms with Crippen LogP contribution in [0.3, 0.4) is 0 Å². The zero-order valence-electron chi connectivity index (χ0n) is 15.9. The molecule has 2 heterocycles. The second-order valence-corrected chi connectivity index (χ2v) is 7.87. The maximum Gasteiger partial charge on any atom is 0.416 e. The number of ether oxygens (including phenoxy) is 1. The summed E-state index contributed by atoms with van der Waals surface area (Å²) in [5, 5.41) is 7.70. The molecule has 3 N–H and O–H groups in total. The molecule has 1 spiro atoms. The molecule has 0 bridgehead atoms. The lowest BCUT2D eigenvalue weighted by molar-refractivity contribution is -0.143. The summed E-state index contributed by atoms with van der Waals surface area (Å²) in [7, 11) is 0. The fourth-order valence-corrected chi connectivity index (χ4v) is 3.65. The first-order valence-corrected chi connectivity index (χ1v) is 8.93. The number of benzene rings is 1. The lowest BCUT2D eigenvalue weighted by atomic mass is 9.89. The van der Waals surface area contributed by atoms with Crippen LogP contribution in [0.15, 0.2) is 18.2 Å². The van der Waals surface area contributed by atoms with Gasteiger partial charge in [-0.3, -0.25) is 10.1 Å². The van der Waals surface area contributed by atoms with E-state index >= 15 is 0 Å². The molecule has 12 heteroatoms. The van der Waals surface area contributed by atoms with Crippen LogP contribution in [-0.2, 0) is 21.9 Å². The van der Waals surface area contributed by atoms with Crippen LogP contribution in [0.5, 0.6) is 0 Å². The number of hydrogen-bond donors (Lipinski definition) is 3. The van der Waals surface area contributed by atoms with Gasteiger partial charge in [-0.2, -0.15) is 26.3 Å². The van der Waals surface area contributed by atoms with Gasteiger partial charge in [0.05, 0.1) is 23.8 Å². The number of carbonyl (C=O) groups excluding carboxylic acids is 2. The Morgan fingerprint density at radius 3 is 2.10 bits per heavy atom. The summed E-state index contributed by atoms with van der Waals surface area (Å²) in [6.07, 6.45) is -10.8. The molecule has 3 amide bonds. The summed E-state index contributed by atoms with van der Waals surface area (Å²) >= 11 is 0. The van der Waals surface area contributed by atoms with Gasteiger partial charge in [-0.1, -0.05) is 0 Å². The van der Waals surface area contributed by atoms with E-state index in [-0.39, 0.29) is 31.2 Å². The van der Waals surface area contributed by atoms with Crippen LogP contribution in [-0.4, -0.2) is 36.2 Å². The predicted octanol–water partition coefficient (Wildman–Crippen LogP) is 3.13. The van der Waals surface area contributed by atoms with E-state index in [1.54, 1.807) is 6.92 Å². The Morgan fingerprint density at radius 2 is 1.63 bits per heavy atom. The van der Waals surface area contributed by atoms with Gasteiger partial charge in [0.25, 0.3) is 5.91 Å². The highest BCUT2D eigenvalue weighted by molar-refractivity contribution is 6.07. The van der Waals surface area contributed by atoms with Gasteiger partial charge in [-0.05, 0) is 37.6 Å². The Bertz CT molecular complexity index is 839. The highest BCUT2D eigenvalue weighted by Gasteiger charge is 2.55. The standard InChI is InChI=1S/C18H19F6N3O3/c1-9(10-3-11(17(19,20)21)5-12(4-10)18(22,23)24)30-8-15(2)6-16(7-25-15)13(28)26-14(29)27-16/h3-5,9,25H,6-8H2,1-2H3,(H2,26,27,28,29)/t9-,15-,16?/m1/s1. The maximum absolute atomic E-state index is 13.0. The van der Waals surface area contributed by atoms with E-state index < -0.39 is 52.6 Å². The SMILES string of the molecule is C[C@@H](OC[C@@]1(C)CC2(CN1)NC(=O)NC2=O)c1cc(C(F)(F)F)cc(C(F)(F)F)c1. The van der Waals surface area contributed by atoms with E-state index in [4.69, 9.17) is 4.74 Å². The van der Waals surface area contributed by atoms with Gasteiger partial charge in [-0.25, -0.2) is 4.79 Å². The molecule has 2 fully saturated rings. The van der Waals surface area contributed by atoms with E-state index in [9.17, 15) is 35.9 Å². The van der Waals surface area contributed by atoms with Crippen LogP contribution in [0.25, 0.3) is 0 Å². The van der Waals surface area contributed by atoms with Crippen molar-refractivity contribution >= 4 is 11.9 Å². The minimum absolute atomic E-state index is 0.0567.